The van der Waals surface area contributed by atoms with E-state index in [-0.39, 0.29) is 6.04 Å². The molecule has 7 heteroatoms. The maximum atomic E-state index is 6.54. The molecular weight excluding hydrogens is 492 g/mol. The highest BCUT2D eigenvalue weighted by Crippen LogP contribution is 2.48. The Morgan fingerprint density at radius 1 is 0.769 bits per heavy atom. The van der Waals surface area contributed by atoms with Gasteiger partial charge in [0.2, 0.25) is 6.23 Å². The van der Waals surface area contributed by atoms with Crippen molar-refractivity contribution in [2.45, 2.75) is 25.3 Å². The van der Waals surface area contributed by atoms with Gasteiger partial charge in [0.1, 0.15) is 12.4 Å². The molecule has 0 saturated heterocycles. The number of methoxy groups -OCH3 is 3. The average molecular weight is 523 g/mol. The molecule has 4 aromatic carbocycles. The summed E-state index contributed by atoms with van der Waals surface area (Å²) < 4.78 is 29.3. The Morgan fingerprint density at radius 2 is 1.49 bits per heavy atom. The molecule has 0 spiro atoms. The summed E-state index contributed by atoms with van der Waals surface area (Å²) in [7, 11) is 4.93. The van der Waals surface area contributed by atoms with Gasteiger partial charge in [-0.1, -0.05) is 48.5 Å². The van der Waals surface area contributed by atoms with Crippen LogP contribution >= 0.6 is 0 Å². The fourth-order valence-corrected chi connectivity index (χ4v) is 5.14. The third-order valence-electron chi connectivity index (χ3n) is 7.13. The van der Waals surface area contributed by atoms with Gasteiger partial charge in [-0.3, -0.25) is 0 Å². The second-order valence-corrected chi connectivity index (χ2v) is 9.41. The zero-order chi connectivity index (χ0) is 26.8. The molecule has 0 bridgehead atoms. The molecule has 0 saturated carbocycles. The molecule has 4 aromatic rings. The fraction of sp³-hybridized carbons (Fsp3) is 0.219. The fourth-order valence-electron chi connectivity index (χ4n) is 5.14. The first-order chi connectivity index (χ1) is 19.2. The van der Waals surface area contributed by atoms with Crippen LogP contribution in [0.1, 0.15) is 40.9 Å². The van der Waals surface area contributed by atoms with Crippen molar-refractivity contribution in [2.24, 2.45) is 5.10 Å². The van der Waals surface area contributed by atoms with Gasteiger partial charge in [-0.25, -0.2) is 5.01 Å². The Morgan fingerprint density at radius 3 is 2.28 bits per heavy atom. The summed E-state index contributed by atoms with van der Waals surface area (Å²) >= 11 is 0. The van der Waals surface area contributed by atoms with Crippen LogP contribution in [0.3, 0.4) is 0 Å². The van der Waals surface area contributed by atoms with Crippen molar-refractivity contribution in [2.75, 3.05) is 21.3 Å². The lowest BCUT2D eigenvalue weighted by Gasteiger charge is -2.38. The Bertz CT molecular complexity index is 1500. The van der Waals surface area contributed by atoms with Crippen LogP contribution in [0.25, 0.3) is 0 Å². The van der Waals surface area contributed by atoms with E-state index in [0.29, 0.717) is 29.6 Å². The van der Waals surface area contributed by atoms with Crippen molar-refractivity contribution in [3.63, 3.8) is 0 Å². The van der Waals surface area contributed by atoms with Crippen LogP contribution in [0.2, 0.25) is 0 Å². The van der Waals surface area contributed by atoms with Gasteiger partial charge in [0.25, 0.3) is 0 Å². The minimum absolute atomic E-state index is 0.0306. The van der Waals surface area contributed by atoms with E-state index in [2.05, 4.69) is 6.07 Å². The summed E-state index contributed by atoms with van der Waals surface area (Å²) in [6.45, 7) is 0.455. The molecule has 2 atom stereocenters. The quantitative estimate of drug-likeness (QED) is 0.262. The van der Waals surface area contributed by atoms with Crippen molar-refractivity contribution in [3.05, 3.63) is 113 Å². The lowest BCUT2D eigenvalue weighted by molar-refractivity contribution is -0.0191. The Labute approximate surface area is 228 Å². The highest BCUT2D eigenvalue weighted by atomic mass is 16.5. The van der Waals surface area contributed by atoms with E-state index in [9.17, 15) is 0 Å². The maximum absolute atomic E-state index is 6.54. The zero-order valence-corrected chi connectivity index (χ0v) is 22.2. The molecule has 2 aliphatic heterocycles. The molecular formula is C32H30N2O5. The van der Waals surface area contributed by atoms with Gasteiger partial charge in [0.15, 0.2) is 23.0 Å². The zero-order valence-electron chi connectivity index (χ0n) is 22.2. The Kier molecular flexibility index (Phi) is 6.71. The highest BCUT2D eigenvalue weighted by Gasteiger charge is 2.41. The first-order valence-electron chi connectivity index (χ1n) is 12.9. The number of para-hydroxylation sites is 1. The molecule has 0 amide bonds. The smallest absolute Gasteiger partial charge is 0.214 e. The predicted molar refractivity (Wildman–Crippen MR) is 149 cm³/mol. The monoisotopic (exact) mass is 522 g/mol. The molecule has 6 rings (SSSR count). The van der Waals surface area contributed by atoms with Crippen molar-refractivity contribution in [1.29, 1.82) is 0 Å². The normalized spacial score (nSPS) is 17.4. The molecule has 198 valence electrons. The van der Waals surface area contributed by atoms with E-state index in [4.69, 9.17) is 28.8 Å². The van der Waals surface area contributed by atoms with Gasteiger partial charge < -0.3 is 23.7 Å². The molecule has 39 heavy (non-hydrogen) atoms. The number of rotatable bonds is 8. The van der Waals surface area contributed by atoms with Gasteiger partial charge in [0.05, 0.1) is 33.1 Å². The van der Waals surface area contributed by atoms with Crippen molar-refractivity contribution >= 4 is 5.71 Å². The molecule has 0 aromatic heterocycles. The minimum atomic E-state index is -0.431. The van der Waals surface area contributed by atoms with Crippen LogP contribution in [-0.4, -0.2) is 32.0 Å². The first-order valence-corrected chi connectivity index (χ1v) is 12.9. The van der Waals surface area contributed by atoms with E-state index < -0.39 is 6.23 Å². The largest absolute Gasteiger partial charge is 0.493 e. The molecule has 0 N–H and O–H groups in total. The van der Waals surface area contributed by atoms with Crippen LogP contribution in [0.5, 0.6) is 28.7 Å². The summed E-state index contributed by atoms with van der Waals surface area (Å²) in [5.74, 6) is 3.54. The van der Waals surface area contributed by atoms with E-state index in [1.807, 2.05) is 89.9 Å². The van der Waals surface area contributed by atoms with Crippen molar-refractivity contribution in [3.8, 4) is 28.7 Å². The molecule has 2 heterocycles. The molecule has 0 aliphatic carbocycles. The van der Waals surface area contributed by atoms with Crippen LogP contribution in [0.15, 0.2) is 96.1 Å². The standard InChI is InChI=1S/C32H30N2O5/c1-35-28-15-13-22(17-30(28)36-2)25-19-26-24-11-7-8-12-27(24)39-32(34(26)33-25)23-14-16-29(31(18-23)37-3)38-20-21-9-5-4-6-10-21/h4-18,26,32H,19-20H2,1-3H3. The predicted octanol–water partition coefficient (Wildman–Crippen LogP) is 6.53. The van der Waals surface area contributed by atoms with Gasteiger partial charge in [-0.2, -0.15) is 5.10 Å². The Balaban J connectivity index is 1.33. The number of hydrazone groups is 1. The first kappa shape index (κ1) is 24.7. The second kappa shape index (κ2) is 10.6. The van der Waals surface area contributed by atoms with Crippen LogP contribution in [0.4, 0.5) is 0 Å². The molecule has 0 radical (unpaired) electrons. The number of ether oxygens (including phenoxy) is 5. The number of fused-ring (bicyclic) bond motifs is 3. The third kappa shape index (κ3) is 4.72. The van der Waals surface area contributed by atoms with Gasteiger partial charge in [0, 0.05) is 23.1 Å². The molecule has 2 aliphatic rings. The summed E-state index contributed by atoms with van der Waals surface area (Å²) in [4.78, 5) is 0. The van der Waals surface area contributed by atoms with Crippen LogP contribution in [-0.2, 0) is 6.61 Å². The van der Waals surface area contributed by atoms with Gasteiger partial charge in [-0.05, 0) is 48.0 Å². The SMILES string of the molecule is COc1ccc(C2=NN3C(C2)c2ccccc2OC3c2ccc(OCc3ccccc3)c(OC)c2)cc1OC. The lowest BCUT2D eigenvalue weighted by Crippen LogP contribution is -2.33. The van der Waals surface area contributed by atoms with Gasteiger partial charge >= 0.3 is 0 Å². The maximum Gasteiger partial charge on any atom is 0.214 e. The third-order valence-corrected chi connectivity index (χ3v) is 7.13. The number of hydrogen-bond acceptors (Lipinski definition) is 7. The van der Waals surface area contributed by atoms with Crippen LogP contribution < -0.4 is 23.7 Å². The van der Waals surface area contributed by atoms with E-state index in [1.165, 1.54) is 0 Å². The molecule has 7 nitrogen and oxygen atoms in total. The molecule has 0 fully saturated rings. The summed E-state index contributed by atoms with van der Waals surface area (Å²) in [5.41, 5.74) is 5.08. The molecule has 2 unspecified atom stereocenters. The second-order valence-electron chi connectivity index (χ2n) is 9.41. The topological polar surface area (TPSA) is 61.8 Å². The van der Waals surface area contributed by atoms with E-state index in [1.54, 1.807) is 21.3 Å². The van der Waals surface area contributed by atoms with E-state index >= 15 is 0 Å². The minimum Gasteiger partial charge on any atom is -0.493 e. The van der Waals surface area contributed by atoms with Gasteiger partial charge in [-0.15, -0.1) is 0 Å². The van der Waals surface area contributed by atoms with E-state index in [0.717, 1.165) is 40.1 Å². The Hall–Kier alpha value is -4.65. The number of hydrogen-bond donors (Lipinski definition) is 0. The lowest BCUT2D eigenvalue weighted by atomic mass is 9.95. The van der Waals surface area contributed by atoms with Crippen molar-refractivity contribution in [1.82, 2.24) is 5.01 Å². The highest BCUT2D eigenvalue weighted by molar-refractivity contribution is 6.02. The van der Waals surface area contributed by atoms with Crippen molar-refractivity contribution < 1.29 is 23.7 Å². The average Bonchev–Trinajstić information content (AvgIpc) is 3.45. The number of benzene rings is 4. The summed E-state index contributed by atoms with van der Waals surface area (Å²) in [6.07, 6.45) is 0.307. The number of nitrogens with zero attached hydrogens (tertiary/aromatic N) is 2. The summed E-state index contributed by atoms with van der Waals surface area (Å²) in [6, 6.07) is 30.1. The van der Waals surface area contributed by atoms with Crippen LogP contribution in [0, 0.1) is 0 Å². The summed E-state index contributed by atoms with van der Waals surface area (Å²) in [5, 5.41) is 7.13.